The van der Waals surface area contributed by atoms with Gasteiger partial charge < -0.3 is 14.4 Å². The zero-order chi connectivity index (χ0) is 31.6. The van der Waals surface area contributed by atoms with Gasteiger partial charge in [0.1, 0.15) is 25.9 Å². The van der Waals surface area contributed by atoms with E-state index in [1.54, 1.807) is 24.3 Å². The molecule has 15 heteroatoms. The van der Waals surface area contributed by atoms with Crippen molar-refractivity contribution in [3.63, 3.8) is 0 Å². The first-order valence-electron chi connectivity index (χ1n) is 13.3. The van der Waals surface area contributed by atoms with E-state index in [-0.39, 0.29) is 59.1 Å². The van der Waals surface area contributed by atoms with E-state index in [0.29, 0.717) is 33.9 Å². The summed E-state index contributed by atoms with van der Waals surface area (Å²) >= 11 is 0. The van der Waals surface area contributed by atoms with Crippen molar-refractivity contribution < 1.29 is 85.1 Å². The van der Waals surface area contributed by atoms with Crippen molar-refractivity contribution >= 4 is 75.9 Å². The molecule has 6 aromatic carbocycles. The maximum Gasteiger partial charge on any atom is 1.00 e. The average Bonchev–Trinajstić information content (AvgIpc) is 3.03. The van der Waals surface area contributed by atoms with Crippen molar-refractivity contribution in [2.75, 3.05) is 5.32 Å². The Labute approximate surface area is 314 Å². The molecule has 0 atom stereocenters. The van der Waals surface area contributed by atoms with Crippen LogP contribution in [0.5, 0.6) is 0 Å². The fourth-order valence-corrected chi connectivity index (χ4v) is 5.95. The fraction of sp³-hybridized carbons (Fsp3) is 0. The SMILES string of the molecule is O=S(=O)([O-])c1ccc(N=Nc2ccc(N=Nc3ccc(Nc4ccccc4)c4ccccc34)c3ccccc23)c(S(=O)(=O)[O-])c1.[Na+].[Na+]. The predicted octanol–water partition coefficient (Wildman–Crippen LogP) is 2.38. The number of hydrogen-bond acceptors (Lipinski definition) is 11. The summed E-state index contributed by atoms with van der Waals surface area (Å²) in [5.41, 5.74) is 2.98. The molecule has 6 rings (SSSR count). The molecule has 0 bridgehead atoms. The van der Waals surface area contributed by atoms with Crippen molar-refractivity contribution in [3.8, 4) is 0 Å². The predicted molar refractivity (Wildman–Crippen MR) is 168 cm³/mol. The van der Waals surface area contributed by atoms with Crippen molar-refractivity contribution in [3.05, 3.63) is 121 Å². The van der Waals surface area contributed by atoms with Gasteiger partial charge in [0.15, 0.2) is 0 Å². The van der Waals surface area contributed by atoms with Gasteiger partial charge >= 0.3 is 59.1 Å². The average molecular weight is 682 g/mol. The van der Waals surface area contributed by atoms with E-state index >= 15 is 0 Å². The van der Waals surface area contributed by atoms with E-state index in [1.165, 1.54) is 0 Å². The summed E-state index contributed by atoms with van der Waals surface area (Å²) < 4.78 is 69.4. The second-order valence-electron chi connectivity index (χ2n) is 9.76. The van der Waals surface area contributed by atoms with Crippen LogP contribution in [0.15, 0.2) is 152 Å². The van der Waals surface area contributed by atoms with Gasteiger partial charge in [-0.15, -0.1) is 20.5 Å². The number of hydrogen-bond donors (Lipinski definition) is 1. The van der Waals surface area contributed by atoms with Crippen LogP contribution in [-0.2, 0) is 20.2 Å². The monoisotopic (exact) mass is 681 g/mol. The van der Waals surface area contributed by atoms with Crippen molar-refractivity contribution in [2.24, 2.45) is 20.5 Å². The molecule has 0 saturated heterocycles. The first-order valence-corrected chi connectivity index (χ1v) is 16.1. The molecule has 224 valence electrons. The Bertz CT molecular complexity index is 2370. The van der Waals surface area contributed by atoms with Gasteiger partial charge in [0, 0.05) is 32.9 Å². The van der Waals surface area contributed by atoms with Crippen LogP contribution in [-0.4, -0.2) is 25.9 Å². The van der Waals surface area contributed by atoms with Gasteiger partial charge in [0.25, 0.3) is 0 Å². The first-order chi connectivity index (χ1) is 21.6. The Kier molecular flexibility index (Phi) is 11.8. The van der Waals surface area contributed by atoms with Gasteiger partial charge in [-0.2, -0.15) is 0 Å². The minimum Gasteiger partial charge on any atom is -0.744 e. The third-order valence-corrected chi connectivity index (χ3v) is 8.55. The molecular formula is C32H21N5Na2O6S2. The molecule has 0 aliphatic carbocycles. The maximum absolute atomic E-state index is 11.8. The van der Waals surface area contributed by atoms with Gasteiger partial charge in [-0.25, -0.2) is 16.8 Å². The third kappa shape index (κ3) is 8.39. The maximum atomic E-state index is 11.8. The summed E-state index contributed by atoms with van der Waals surface area (Å²) in [4.78, 5) is -1.85. The van der Waals surface area contributed by atoms with Crippen LogP contribution < -0.4 is 64.4 Å². The normalized spacial score (nSPS) is 11.9. The molecule has 6 aromatic rings. The second-order valence-corrected chi connectivity index (χ2v) is 12.5. The van der Waals surface area contributed by atoms with Crippen molar-refractivity contribution in [1.82, 2.24) is 0 Å². The van der Waals surface area contributed by atoms with E-state index in [2.05, 4.69) is 25.8 Å². The smallest absolute Gasteiger partial charge is 0.744 e. The molecule has 11 nitrogen and oxygen atoms in total. The summed E-state index contributed by atoms with van der Waals surface area (Å²) in [7, 11) is -10.2. The largest absolute Gasteiger partial charge is 1.00 e. The Hall–Kier alpha value is -3.34. The molecule has 47 heavy (non-hydrogen) atoms. The minimum atomic E-state index is -5.18. The van der Waals surface area contributed by atoms with Crippen molar-refractivity contribution in [1.29, 1.82) is 0 Å². The molecule has 0 saturated carbocycles. The summed E-state index contributed by atoms with van der Waals surface area (Å²) in [5, 5.41) is 23.7. The number of para-hydroxylation sites is 1. The molecule has 0 spiro atoms. The van der Waals surface area contributed by atoms with Crippen LogP contribution in [0, 0.1) is 0 Å². The van der Waals surface area contributed by atoms with Crippen LogP contribution >= 0.6 is 0 Å². The molecule has 0 aliphatic rings. The Morgan fingerprint density at radius 2 is 0.894 bits per heavy atom. The molecule has 0 fully saturated rings. The molecule has 0 heterocycles. The van der Waals surface area contributed by atoms with Gasteiger partial charge in [-0.05, 0) is 54.6 Å². The zero-order valence-corrected chi connectivity index (χ0v) is 30.7. The molecule has 0 unspecified atom stereocenters. The summed E-state index contributed by atoms with van der Waals surface area (Å²) in [5.74, 6) is 0. The van der Waals surface area contributed by atoms with Crippen LogP contribution in [0.4, 0.5) is 34.1 Å². The molecular weight excluding hydrogens is 660 g/mol. The molecule has 0 aliphatic heterocycles. The zero-order valence-electron chi connectivity index (χ0n) is 25.1. The number of nitrogens with one attached hydrogen (secondary N) is 1. The molecule has 0 radical (unpaired) electrons. The number of anilines is 2. The molecule has 0 aromatic heterocycles. The Morgan fingerprint density at radius 1 is 0.468 bits per heavy atom. The van der Waals surface area contributed by atoms with Gasteiger partial charge in [0.2, 0.25) is 0 Å². The number of rotatable bonds is 8. The van der Waals surface area contributed by atoms with Crippen molar-refractivity contribution in [2.45, 2.75) is 9.79 Å². The van der Waals surface area contributed by atoms with E-state index in [4.69, 9.17) is 0 Å². The Morgan fingerprint density at radius 3 is 1.40 bits per heavy atom. The number of fused-ring (bicyclic) bond motifs is 2. The van der Waals surface area contributed by atoms with Crippen LogP contribution in [0.3, 0.4) is 0 Å². The first kappa shape index (κ1) is 36.5. The summed E-state index contributed by atoms with van der Waals surface area (Å²) in [6.07, 6.45) is 0. The second kappa shape index (κ2) is 15.3. The summed E-state index contributed by atoms with van der Waals surface area (Å²) in [6, 6.07) is 34.2. The summed E-state index contributed by atoms with van der Waals surface area (Å²) in [6.45, 7) is 0. The Balaban J connectivity index is 0.00000250. The van der Waals surface area contributed by atoms with E-state index < -0.39 is 35.7 Å². The number of benzene rings is 6. The van der Waals surface area contributed by atoms with Gasteiger partial charge in [0.05, 0.1) is 26.9 Å². The van der Waals surface area contributed by atoms with Crippen LogP contribution in [0.2, 0.25) is 0 Å². The topological polar surface area (TPSA) is 176 Å². The third-order valence-electron chi connectivity index (χ3n) is 6.85. The standard InChI is InChI=1S/C32H23N5O6S2.2Na/c38-44(39,40)22-14-15-31(32(20-22)45(41,42)43)37-36-30-19-18-29(25-12-6-7-13-26(25)30)35-34-28-17-16-27(23-10-4-5-11-24(23)28)33-21-8-2-1-3-9-21;;/h1-20,33H,(H,38,39,40)(H,41,42,43);;/q;2*+1/p-2. The number of azo groups is 2. The van der Waals surface area contributed by atoms with E-state index in [0.717, 1.165) is 34.3 Å². The molecule has 0 amide bonds. The van der Waals surface area contributed by atoms with Gasteiger partial charge in [-0.3, -0.25) is 0 Å². The van der Waals surface area contributed by atoms with Gasteiger partial charge in [-0.1, -0.05) is 66.7 Å². The fourth-order valence-electron chi connectivity index (χ4n) is 4.75. The molecule has 1 N–H and O–H groups in total. The van der Waals surface area contributed by atoms with Crippen LogP contribution in [0.1, 0.15) is 0 Å². The van der Waals surface area contributed by atoms with E-state index in [1.807, 2.05) is 78.9 Å². The van der Waals surface area contributed by atoms with Crippen LogP contribution in [0.25, 0.3) is 21.5 Å². The minimum absolute atomic E-state index is 0. The van der Waals surface area contributed by atoms with E-state index in [9.17, 15) is 25.9 Å². The number of nitrogens with zero attached hydrogens (tertiary/aromatic N) is 4. The quantitative estimate of drug-likeness (QED) is 0.146.